The minimum atomic E-state index is -0.378. The van der Waals surface area contributed by atoms with Gasteiger partial charge in [-0.3, -0.25) is 10.1 Å². The van der Waals surface area contributed by atoms with Gasteiger partial charge in [0.25, 0.3) is 0 Å². The van der Waals surface area contributed by atoms with Crippen LogP contribution in [0.1, 0.15) is 6.92 Å². The molecular weight excluding hydrogens is 336 g/mol. The topological polar surface area (TPSA) is 85.3 Å². The molecule has 7 heteroatoms. The SMILES string of the molecule is CC1CN(c2c([N+](=O)[O-])cnc3ccc(Br)cc23)CC1N. The predicted molar refractivity (Wildman–Crippen MR) is 85.4 cm³/mol. The zero-order chi connectivity index (χ0) is 15.1. The van der Waals surface area contributed by atoms with E-state index in [2.05, 4.69) is 27.8 Å². The molecule has 2 N–H and O–H groups in total. The standard InChI is InChI=1S/C14H15BrN4O2/c1-8-6-18(7-11(8)16)14-10-4-9(15)2-3-12(10)17-5-13(14)19(20)21/h2-5,8,11H,6-7,16H2,1H3. The van der Waals surface area contributed by atoms with Gasteiger partial charge in [0, 0.05) is 29.0 Å². The molecule has 110 valence electrons. The number of pyridine rings is 1. The van der Waals surface area contributed by atoms with Gasteiger partial charge in [-0.25, -0.2) is 4.98 Å². The summed E-state index contributed by atoms with van der Waals surface area (Å²) in [5, 5.41) is 12.1. The molecule has 0 radical (unpaired) electrons. The predicted octanol–water partition coefficient (Wildman–Crippen LogP) is 2.69. The third-order valence-electron chi connectivity index (χ3n) is 3.97. The zero-order valence-electron chi connectivity index (χ0n) is 11.5. The first-order chi connectivity index (χ1) is 9.97. The molecule has 0 amide bonds. The van der Waals surface area contributed by atoms with Gasteiger partial charge in [-0.1, -0.05) is 22.9 Å². The maximum absolute atomic E-state index is 11.4. The molecule has 1 aliphatic rings. The van der Waals surface area contributed by atoms with Crippen molar-refractivity contribution >= 4 is 38.2 Å². The first kappa shape index (κ1) is 14.2. The number of benzene rings is 1. The van der Waals surface area contributed by atoms with Crippen LogP contribution < -0.4 is 10.6 Å². The van der Waals surface area contributed by atoms with Crippen LogP contribution in [0.25, 0.3) is 10.9 Å². The lowest BCUT2D eigenvalue weighted by atomic mass is 10.1. The third kappa shape index (κ3) is 2.47. The minimum absolute atomic E-state index is 0.0278. The van der Waals surface area contributed by atoms with Gasteiger partial charge in [0.05, 0.1) is 10.4 Å². The fraction of sp³-hybridized carbons (Fsp3) is 0.357. The van der Waals surface area contributed by atoms with E-state index in [1.807, 2.05) is 23.1 Å². The summed E-state index contributed by atoms with van der Waals surface area (Å²) < 4.78 is 0.870. The van der Waals surface area contributed by atoms with Crippen LogP contribution in [0, 0.1) is 16.0 Å². The van der Waals surface area contributed by atoms with Crippen LogP contribution in [0.15, 0.2) is 28.9 Å². The van der Waals surface area contributed by atoms with E-state index in [1.165, 1.54) is 6.20 Å². The van der Waals surface area contributed by atoms with E-state index in [0.29, 0.717) is 24.7 Å². The average molecular weight is 351 g/mol. The fourth-order valence-corrected chi connectivity index (χ4v) is 3.14. The van der Waals surface area contributed by atoms with E-state index in [4.69, 9.17) is 5.73 Å². The molecule has 1 saturated heterocycles. The van der Waals surface area contributed by atoms with Gasteiger partial charge in [-0.2, -0.15) is 0 Å². The third-order valence-corrected chi connectivity index (χ3v) is 4.46. The Morgan fingerprint density at radius 1 is 1.48 bits per heavy atom. The molecule has 3 rings (SSSR count). The average Bonchev–Trinajstić information content (AvgIpc) is 2.76. The number of nitro groups is 1. The molecule has 1 aromatic carbocycles. The largest absolute Gasteiger partial charge is 0.363 e. The summed E-state index contributed by atoms with van der Waals surface area (Å²) in [6.45, 7) is 3.40. The molecule has 6 nitrogen and oxygen atoms in total. The Bertz CT molecular complexity index is 711. The second-order valence-corrected chi connectivity index (χ2v) is 6.37. The van der Waals surface area contributed by atoms with Crippen molar-refractivity contribution in [3.8, 4) is 0 Å². The van der Waals surface area contributed by atoms with Crippen LogP contribution in [0.2, 0.25) is 0 Å². The van der Waals surface area contributed by atoms with E-state index in [-0.39, 0.29) is 16.7 Å². The van der Waals surface area contributed by atoms with Gasteiger partial charge in [-0.05, 0) is 24.1 Å². The number of halogens is 1. The summed E-state index contributed by atoms with van der Waals surface area (Å²) >= 11 is 3.42. The van der Waals surface area contributed by atoms with Gasteiger partial charge in [0.15, 0.2) is 0 Å². The second-order valence-electron chi connectivity index (χ2n) is 5.46. The molecule has 2 heterocycles. The number of hydrogen-bond acceptors (Lipinski definition) is 5. The van der Waals surface area contributed by atoms with Crippen molar-refractivity contribution in [1.82, 2.24) is 4.98 Å². The number of anilines is 1. The van der Waals surface area contributed by atoms with Crippen molar-refractivity contribution in [2.45, 2.75) is 13.0 Å². The minimum Gasteiger partial charge on any atom is -0.363 e. The molecule has 0 saturated carbocycles. The highest BCUT2D eigenvalue weighted by atomic mass is 79.9. The fourth-order valence-electron chi connectivity index (χ4n) is 2.78. The van der Waals surface area contributed by atoms with Crippen LogP contribution >= 0.6 is 15.9 Å². The van der Waals surface area contributed by atoms with Crippen LogP contribution in [-0.2, 0) is 0 Å². The summed E-state index contributed by atoms with van der Waals surface area (Å²) in [7, 11) is 0. The summed E-state index contributed by atoms with van der Waals surface area (Å²) in [5.74, 6) is 0.306. The Morgan fingerprint density at radius 2 is 2.24 bits per heavy atom. The molecule has 0 bridgehead atoms. The smallest absolute Gasteiger partial charge is 0.311 e. The Balaban J connectivity index is 2.24. The number of nitrogens with two attached hydrogens (primary N) is 1. The molecule has 0 spiro atoms. The van der Waals surface area contributed by atoms with Crippen LogP contribution in [0.4, 0.5) is 11.4 Å². The van der Waals surface area contributed by atoms with Crippen molar-refractivity contribution < 1.29 is 4.92 Å². The number of rotatable bonds is 2. The van der Waals surface area contributed by atoms with E-state index in [1.54, 1.807) is 0 Å². The van der Waals surface area contributed by atoms with E-state index in [9.17, 15) is 10.1 Å². The van der Waals surface area contributed by atoms with Crippen molar-refractivity contribution in [2.75, 3.05) is 18.0 Å². The molecule has 2 atom stereocenters. The van der Waals surface area contributed by atoms with E-state index < -0.39 is 0 Å². The van der Waals surface area contributed by atoms with Crippen LogP contribution in [0.5, 0.6) is 0 Å². The molecule has 1 aliphatic heterocycles. The Labute approximate surface area is 130 Å². The van der Waals surface area contributed by atoms with Crippen molar-refractivity contribution in [2.24, 2.45) is 11.7 Å². The number of nitrogens with zero attached hydrogens (tertiary/aromatic N) is 3. The summed E-state index contributed by atoms with van der Waals surface area (Å²) in [6.07, 6.45) is 1.33. The Morgan fingerprint density at radius 3 is 2.86 bits per heavy atom. The van der Waals surface area contributed by atoms with Gasteiger partial charge in [0.1, 0.15) is 11.9 Å². The van der Waals surface area contributed by atoms with Crippen LogP contribution in [0.3, 0.4) is 0 Å². The van der Waals surface area contributed by atoms with Crippen LogP contribution in [-0.4, -0.2) is 29.0 Å². The first-order valence-electron chi connectivity index (χ1n) is 6.70. The van der Waals surface area contributed by atoms with Gasteiger partial charge >= 0.3 is 5.69 Å². The zero-order valence-corrected chi connectivity index (χ0v) is 13.1. The highest BCUT2D eigenvalue weighted by molar-refractivity contribution is 9.10. The summed E-state index contributed by atoms with van der Waals surface area (Å²) in [4.78, 5) is 17.2. The normalized spacial score (nSPS) is 22.0. The number of aromatic nitrogens is 1. The van der Waals surface area contributed by atoms with Crippen molar-refractivity contribution in [3.05, 3.63) is 39.0 Å². The molecule has 2 aromatic rings. The molecular formula is C14H15BrN4O2. The maximum Gasteiger partial charge on any atom is 0.311 e. The Kier molecular flexibility index (Phi) is 3.54. The first-order valence-corrected chi connectivity index (χ1v) is 7.50. The molecule has 1 fully saturated rings. The summed E-state index contributed by atoms with van der Waals surface area (Å²) in [5.41, 5.74) is 7.46. The molecule has 21 heavy (non-hydrogen) atoms. The van der Waals surface area contributed by atoms with Crippen molar-refractivity contribution in [1.29, 1.82) is 0 Å². The van der Waals surface area contributed by atoms with Crippen molar-refractivity contribution in [3.63, 3.8) is 0 Å². The quantitative estimate of drug-likeness (QED) is 0.664. The summed E-state index contributed by atoms with van der Waals surface area (Å²) in [6, 6.07) is 5.63. The highest BCUT2D eigenvalue weighted by Crippen LogP contribution is 2.38. The lowest BCUT2D eigenvalue weighted by molar-refractivity contribution is -0.384. The van der Waals surface area contributed by atoms with E-state index >= 15 is 0 Å². The molecule has 1 aromatic heterocycles. The number of hydrogen-bond donors (Lipinski definition) is 1. The molecule has 0 aliphatic carbocycles. The highest BCUT2D eigenvalue weighted by Gasteiger charge is 2.32. The van der Waals surface area contributed by atoms with Gasteiger partial charge in [-0.15, -0.1) is 0 Å². The van der Waals surface area contributed by atoms with E-state index in [0.717, 1.165) is 15.4 Å². The lowest BCUT2D eigenvalue weighted by Crippen LogP contribution is -2.28. The Hall–Kier alpha value is -1.73. The van der Waals surface area contributed by atoms with Gasteiger partial charge in [0.2, 0.25) is 0 Å². The van der Waals surface area contributed by atoms with Gasteiger partial charge < -0.3 is 10.6 Å². The maximum atomic E-state index is 11.4. The molecule has 2 unspecified atom stereocenters. The lowest BCUT2D eigenvalue weighted by Gasteiger charge is -2.20. The second kappa shape index (κ2) is 5.23. The monoisotopic (exact) mass is 350 g/mol. The number of fused-ring (bicyclic) bond motifs is 1.